The van der Waals surface area contributed by atoms with Crippen molar-refractivity contribution in [2.75, 3.05) is 5.73 Å². The first-order valence-electron chi connectivity index (χ1n) is 4.57. The highest BCUT2D eigenvalue weighted by Crippen LogP contribution is 2.24. The Morgan fingerprint density at radius 3 is 2.79 bits per heavy atom. The Balaban J connectivity index is 3.00. The molecule has 1 aromatic rings. The van der Waals surface area contributed by atoms with Gasteiger partial charge in [0, 0.05) is 10.6 Å². The van der Waals surface area contributed by atoms with Gasteiger partial charge >= 0.3 is 0 Å². The molecule has 4 nitrogen and oxygen atoms in total. The third-order valence-electron chi connectivity index (χ3n) is 1.89. The van der Waals surface area contributed by atoms with Gasteiger partial charge in [0.2, 0.25) is 0 Å². The van der Waals surface area contributed by atoms with E-state index in [2.05, 4.69) is 23.9 Å². The molecule has 0 amide bonds. The summed E-state index contributed by atoms with van der Waals surface area (Å²) in [4.78, 5) is 2.73. The largest absolute Gasteiger partial charge is 0.398 e. The van der Waals surface area contributed by atoms with Crippen molar-refractivity contribution in [2.45, 2.75) is 20.3 Å². The fourth-order valence-electron chi connectivity index (χ4n) is 1.32. The van der Waals surface area contributed by atoms with E-state index in [-0.39, 0.29) is 0 Å². The van der Waals surface area contributed by atoms with E-state index in [0.29, 0.717) is 17.3 Å². The lowest BCUT2D eigenvalue weighted by atomic mass is 10.0. The fraction of sp³-hybridized carbons (Fsp3) is 0.400. The van der Waals surface area contributed by atoms with Gasteiger partial charge in [-0.15, -0.1) is 0 Å². The second-order valence-corrected chi connectivity index (χ2v) is 3.68. The van der Waals surface area contributed by atoms with Crippen molar-refractivity contribution in [1.82, 2.24) is 0 Å². The zero-order valence-electron chi connectivity index (χ0n) is 8.44. The van der Waals surface area contributed by atoms with E-state index in [4.69, 9.17) is 11.3 Å². The van der Waals surface area contributed by atoms with E-state index in [0.717, 1.165) is 12.0 Å². The summed E-state index contributed by atoms with van der Waals surface area (Å²) >= 11 is 0. The quantitative estimate of drug-likeness (QED) is 0.337. The number of anilines is 1. The SMILES string of the molecule is CC(C)Cc1ccc(N)c(N=[N+]=[N-])c1. The third kappa shape index (κ3) is 2.68. The van der Waals surface area contributed by atoms with Gasteiger partial charge in [0.05, 0.1) is 5.69 Å². The second kappa shape index (κ2) is 4.53. The number of nitrogens with two attached hydrogens (primary N) is 1. The minimum absolute atomic E-state index is 0.519. The second-order valence-electron chi connectivity index (χ2n) is 3.68. The summed E-state index contributed by atoms with van der Waals surface area (Å²) in [6.45, 7) is 4.28. The standard InChI is InChI=1S/C10H14N4/c1-7(2)5-8-3-4-9(11)10(6-8)13-14-12/h3-4,6-7H,5,11H2,1-2H3. The lowest BCUT2D eigenvalue weighted by Gasteiger charge is -2.06. The molecule has 0 spiro atoms. The number of benzene rings is 1. The van der Waals surface area contributed by atoms with Gasteiger partial charge in [-0.25, -0.2) is 0 Å². The van der Waals surface area contributed by atoms with Crippen molar-refractivity contribution in [3.63, 3.8) is 0 Å². The van der Waals surface area contributed by atoms with Crippen LogP contribution in [0.5, 0.6) is 0 Å². The minimum atomic E-state index is 0.519. The highest BCUT2D eigenvalue weighted by molar-refractivity contribution is 5.63. The van der Waals surface area contributed by atoms with Crippen LogP contribution in [-0.2, 0) is 6.42 Å². The number of nitrogen functional groups attached to an aromatic ring is 1. The molecular formula is C10H14N4. The van der Waals surface area contributed by atoms with Gasteiger partial charge in [0.1, 0.15) is 0 Å². The first kappa shape index (κ1) is 10.4. The molecule has 14 heavy (non-hydrogen) atoms. The first-order chi connectivity index (χ1) is 6.63. The molecule has 1 aromatic carbocycles. The lowest BCUT2D eigenvalue weighted by Crippen LogP contribution is -1.94. The van der Waals surface area contributed by atoms with Gasteiger partial charge in [-0.1, -0.05) is 25.0 Å². The van der Waals surface area contributed by atoms with Crippen LogP contribution < -0.4 is 5.73 Å². The van der Waals surface area contributed by atoms with Crippen LogP contribution in [-0.4, -0.2) is 0 Å². The monoisotopic (exact) mass is 190 g/mol. The van der Waals surface area contributed by atoms with E-state index in [1.165, 1.54) is 0 Å². The normalized spacial score (nSPS) is 9.93. The molecule has 0 atom stereocenters. The van der Waals surface area contributed by atoms with Crippen molar-refractivity contribution in [3.8, 4) is 0 Å². The Labute approximate surface area is 83.4 Å². The van der Waals surface area contributed by atoms with Gasteiger partial charge < -0.3 is 5.73 Å². The van der Waals surface area contributed by atoms with Gasteiger partial charge in [0.25, 0.3) is 0 Å². The molecule has 0 heterocycles. The van der Waals surface area contributed by atoms with Crippen LogP contribution >= 0.6 is 0 Å². The fourth-order valence-corrected chi connectivity index (χ4v) is 1.32. The summed E-state index contributed by atoms with van der Waals surface area (Å²) < 4.78 is 0. The summed E-state index contributed by atoms with van der Waals surface area (Å²) in [5.41, 5.74) is 16.2. The van der Waals surface area contributed by atoms with E-state index in [9.17, 15) is 0 Å². The summed E-state index contributed by atoms with van der Waals surface area (Å²) in [7, 11) is 0. The maximum atomic E-state index is 8.32. The molecule has 74 valence electrons. The molecule has 1 rings (SSSR count). The Morgan fingerprint density at radius 2 is 2.21 bits per heavy atom. The molecule has 0 unspecified atom stereocenters. The predicted octanol–water partition coefficient (Wildman–Crippen LogP) is 3.41. The third-order valence-corrected chi connectivity index (χ3v) is 1.89. The van der Waals surface area contributed by atoms with Crippen molar-refractivity contribution in [3.05, 3.63) is 34.2 Å². The summed E-state index contributed by atoms with van der Waals surface area (Å²) in [6, 6.07) is 5.59. The molecule has 0 saturated heterocycles. The average Bonchev–Trinajstić information content (AvgIpc) is 2.10. The number of rotatable bonds is 3. The van der Waals surface area contributed by atoms with Gasteiger partial charge in [-0.2, -0.15) is 0 Å². The predicted molar refractivity (Wildman–Crippen MR) is 58.2 cm³/mol. The number of azide groups is 1. The van der Waals surface area contributed by atoms with E-state index >= 15 is 0 Å². The summed E-state index contributed by atoms with van der Waals surface area (Å²) in [5, 5.41) is 3.53. The highest BCUT2D eigenvalue weighted by Gasteiger charge is 2.01. The van der Waals surface area contributed by atoms with Gasteiger partial charge in [-0.3, -0.25) is 0 Å². The van der Waals surface area contributed by atoms with E-state index in [1.807, 2.05) is 12.1 Å². The smallest absolute Gasteiger partial charge is 0.0607 e. The molecule has 0 saturated carbocycles. The first-order valence-corrected chi connectivity index (χ1v) is 4.57. The Kier molecular flexibility index (Phi) is 3.37. The zero-order valence-corrected chi connectivity index (χ0v) is 8.44. The minimum Gasteiger partial charge on any atom is -0.398 e. The van der Waals surface area contributed by atoms with Crippen molar-refractivity contribution >= 4 is 11.4 Å². The maximum Gasteiger partial charge on any atom is 0.0607 e. The van der Waals surface area contributed by atoms with Crippen molar-refractivity contribution in [2.24, 2.45) is 11.0 Å². The van der Waals surface area contributed by atoms with Crippen LogP contribution in [0.15, 0.2) is 23.3 Å². The average molecular weight is 190 g/mol. The molecule has 2 N–H and O–H groups in total. The molecule has 4 heteroatoms. The van der Waals surface area contributed by atoms with Crippen molar-refractivity contribution in [1.29, 1.82) is 0 Å². The van der Waals surface area contributed by atoms with E-state index in [1.54, 1.807) is 6.07 Å². The van der Waals surface area contributed by atoms with Crippen LogP contribution in [0.2, 0.25) is 0 Å². The molecule has 0 radical (unpaired) electrons. The number of hydrogen-bond donors (Lipinski definition) is 1. The Hall–Kier alpha value is -1.67. The topological polar surface area (TPSA) is 74.8 Å². The van der Waals surface area contributed by atoms with Crippen LogP contribution in [0.4, 0.5) is 11.4 Å². The summed E-state index contributed by atoms with van der Waals surface area (Å²) in [6.07, 6.45) is 0.966. The van der Waals surface area contributed by atoms with Crippen LogP contribution in [0.1, 0.15) is 19.4 Å². The highest BCUT2D eigenvalue weighted by atomic mass is 15.1. The molecule has 0 aliphatic carbocycles. The molecular weight excluding hydrogens is 176 g/mol. The Morgan fingerprint density at radius 1 is 1.50 bits per heavy atom. The Bertz CT molecular complexity index is 364. The van der Waals surface area contributed by atoms with Crippen LogP contribution in [0.25, 0.3) is 10.4 Å². The molecule has 0 bridgehead atoms. The van der Waals surface area contributed by atoms with Crippen molar-refractivity contribution < 1.29 is 0 Å². The molecule has 0 aromatic heterocycles. The molecule has 0 fully saturated rings. The number of nitrogens with zero attached hydrogens (tertiary/aromatic N) is 3. The molecule has 0 aliphatic rings. The van der Waals surface area contributed by atoms with Gasteiger partial charge in [0.15, 0.2) is 0 Å². The van der Waals surface area contributed by atoms with Gasteiger partial charge in [-0.05, 0) is 35.6 Å². The molecule has 0 aliphatic heterocycles. The maximum absolute atomic E-state index is 8.32. The number of hydrogen-bond acceptors (Lipinski definition) is 2. The van der Waals surface area contributed by atoms with E-state index < -0.39 is 0 Å². The summed E-state index contributed by atoms with van der Waals surface area (Å²) in [5.74, 6) is 0.581. The lowest BCUT2D eigenvalue weighted by molar-refractivity contribution is 0.647. The van der Waals surface area contributed by atoms with Crippen LogP contribution in [0, 0.1) is 5.92 Å². The zero-order chi connectivity index (χ0) is 10.6. The van der Waals surface area contributed by atoms with Crippen LogP contribution in [0.3, 0.4) is 0 Å².